The number of carbonyl (C=O) groups is 2. The summed E-state index contributed by atoms with van der Waals surface area (Å²) in [6, 6.07) is 2.91. The highest BCUT2D eigenvalue weighted by Gasteiger charge is 2.37. The molecule has 1 aliphatic heterocycles. The monoisotopic (exact) mass is 415 g/mol. The second kappa shape index (κ2) is 7.36. The van der Waals surface area contributed by atoms with Crippen molar-refractivity contribution in [3.63, 3.8) is 0 Å². The third-order valence-electron chi connectivity index (χ3n) is 4.79. The van der Waals surface area contributed by atoms with Gasteiger partial charge in [0.05, 0.1) is 28.4 Å². The van der Waals surface area contributed by atoms with Crippen molar-refractivity contribution in [2.24, 2.45) is 5.92 Å². The minimum absolute atomic E-state index is 0.165. The highest BCUT2D eigenvalue weighted by atomic mass is 32.1. The van der Waals surface area contributed by atoms with E-state index in [1.165, 1.54) is 22.3 Å². The number of amides is 1. The molecule has 0 unspecified atom stereocenters. The molecule has 3 aromatic heterocycles. The summed E-state index contributed by atoms with van der Waals surface area (Å²) in [6.07, 6.45) is 2.67. The summed E-state index contributed by atoms with van der Waals surface area (Å²) in [7, 11) is 0. The first-order chi connectivity index (χ1) is 13.8. The van der Waals surface area contributed by atoms with E-state index < -0.39 is 17.7 Å². The molecule has 0 spiro atoms. The molecule has 0 radical (unpaired) electrons. The second-order valence-electron chi connectivity index (χ2n) is 7.02. The number of anilines is 1. The Morgan fingerprint density at radius 3 is 2.76 bits per heavy atom. The van der Waals surface area contributed by atoms with Gasteiger partial charge in [-0.05, 0) is 31.5 Å². The number of carboxylic acids is 1. The molecule has 29 heavy (non-hydrogen) atoms. The smallest absolute Gasteiger partial charge is 0.310 e. The molecule has 0 aromatic carbocycles. The number of likely N-dealkylation sites (tertiary alicyclic amines) is 1. The summed E-state index contributed by atoms with van der Waals surface area (Å²) in [5, 5.41) is 12.1. The number of aromatic nitrogens is 3. The summed E-state index contributed by atoms with van der Waals surface area (Å²) >= 11 is 1.42. The van der Waals surface area contributed by atoms with Crippen molar-refractivity contribution in [2.75, 3.05) is 18.4 Å². The summed E-state index contributed by atoms with van der Waals surface area (Å²) in [5.41, 5.74) is 1.49. The Morgan fingerprint density at radius 1 is 1.31 bits per heavy atom. The van der Waals surface area contributed by atoms with E-state index in [-0.39, 0.29) is 36.7 Å². The van der Waals surface area contributed by atoms with Gasteiger partial charge >= 0.3 is 5.97 Å². The zero-order chi connectivity index (χ0) is 20.7. The summed E-state index contributed by atoms with van der Waals surface area (Å²) in [4.78, 5) is 39.2. The fourth-order valence-corrected chi connectivity index (χ4v) is 4.08. The number of carbonyl (C=O) groups excluding carboxylic acids is 1. The average Bonchev–Trinajstić information content (AvgIpc) is 2.99. The Kier molecular flexibility index (Phi) is 4.87. The molecular weight excluding hydrogens is 397 g/mol. The molecule has 1 aliphatic rings. The molecule has 0 aliphatic carbocycles. The average molecular weight is 415 g/mol. The topological polar surface area (TPSA) is 108 Å². The molecule has 1 fully saturated rings. The Labute approximate surface area is 169 Å². The fraction of sp³-hybridized carbons (Fsp3) is 0.316. The van der Waals surface area contributed by atoms with Crippen LogP contribution in [0.1, 0.15) is 33.9 Å². The maximum Gasteiger partial charge on any atom is 0.310 e. The van der Waals surface area contributed by atoms with Crippen molar-refractivity contribution in [3.05, 3.63) is 46.5 Å². The maximum atomic E-state index is 13.5. The van der Waals surface area contributed by atoms with Gasteiger partial charge in [-0.25, -0.2) is 14.4 Å². The first-order valence-electron chi connectivity index (χ1n) is 8.99. The summed E-state index contributed by atoms with van der Waals surface area (Å²) in [5.74, 6) is -1.97. The number of nitrogens with one attached hydrogen (secondary N) is 1. The largest absolute Gasteiger partial charge is 0.481 e. The number of halogens is 1. The Morgan fingerprint density at radius 2 is 2.07 bits per heavy atom. The fourth-order valence-electron chi connectivity index (χ4n) is 3.15. The quantitative estimate of drug-likeness (QED) is 0.660. The number of hydrogen-bond acceptors (Lipinski definition) is 7. The lowest BCUT2D eigenvalue weighted by Gasteiger charge is -2.36. The number of pyridine rings is 1. The minimum Gasteiger partial charge on any atom is -0.481 e. The van der Waals surface area contributed by atoms with Gasteiger partial charge in [-0.15, -0.1) is 11.3 Å². The molecule has 0 saturated carbocycles. The first-order valence-corrected chi connectivity index (χ1v) is 9.80. The number of thiophene rings is 1. The van der Waals surface area contributed by atoms with Crippen LogP contribution >= 0.6 is 11.3 Å². The van der Waals surface area contributed by atoms with E-state index in [4.69, 9.17) is 5.11 Å². The first kappa shape index (κ1) is 19.2. The van der Waals surface area contributed by atoms with Gasteiger partial charge in [-0.1, -0.05) is 0 Å². The Balaban J connectivity index is 1.64. The number of fused-ring (bicyclic) bond motifs is 1. The van der Waals surface area contributed by atoms with E-state index in [1.807, 2.05) is 19.9 Å². The molecule has 4 rings (SSSR count). The van der Waals surface area contributed by atoms with Crippen LogP contribution in [0.25, 0.3) is 10.2 Å². The third-order valence-corrected chi connectivity index (χ3v) is 5.83. The number of rotatable bonds is 5. The van der Waals surface area contributed by atoms with Crippen molar-refractivity contribution in [1.29, 1.82) is 0 Å². The van der Waals surface area contributed by atoms with Crippen LogP contribution in [0.15, 0.2) is 24.5 Å². The molecular formula is C19H18FN5O3S. The molecule has 3 aromatic rings. The van der Waals surface area contributed by atoms with Gasteiger partial charge in [0.1, 0.15) is 5.82 Å². The van der Waals surface area contributed by atoms with Crippen LogP contribution in [0, 0.1) is 18.7 Å². The molecule has 1 atom stereocenters. The predicted octanol–water partition coefficient (Wildman–Crippen LogP) is 2.86. The highest BCUT2D eigenvalue weighted by molar-refractivity contribution is 7.19. The van der Waals surface area contributed by atoms with Crippen LogP contribution in [0.4, 0.5) is 10.3 Å². The van der Waals surface area contributed by atoms with Crippen molar-refractivity contribution in [3.8, 4) is 0 Å². The number of aryl methyl sites for hydroxylation is 1. The van der Waals surface area contributed by atoms with Crippen molar-refractivity contribution in [2.45, 2.75) is 19.9 Å². The highest BCUT2D eigenvalue weighted by Crippen LogP contribution is 2.30. The van der Waals surface area contributed by atoms with E-state index in [0.29, 0.717) is 15.8 Å². The Bertz CT molecular complexity index is 1110. The van der Waals surface area contributed by atoms with Crippen LogP contribution < -0.4 is 5.32 Å². The Hall–Kier alpha value is -3.14. The van der Waals surface area contributed by atoms with Crippen LogP contribution in [-0.2, 0) is 4.79 Å². The summed E-state index contributed by atoms with van der Waals surface area (Å²) < 4.78 is 14.1. The minimum atomic E-state index is -0.909. The SMILES string of the molecule is Cc1cc2nc(N[C@@H](C)c3cncc(F)c3)nc(C(=O)N3CC(C(=O)O)C3)c2s1. The van der Waals surface area contributed by atoms with Crippen molar-refractivity contribution < 1.29 is 19.1 Å². The number of hydrogen-bond donors (Lipinski definition) is 2. The van der Waals surface area contributed by atoms with E-state index in [1.54, 1.807) is 6.20 Å². The molecule has 4 heterocycles. The summed E-state index contributed by atoms with van der Waals surface area (Å²) in [6.45, 7) is 4.06. The molecule has 1 saturated heterocycles. The molecule has 150 valence electrons. The van der Waals surface area contributed by atoms with E-state index in [2.05, 4.69) is 20.3 Å². The maximum absolute atomic E-state index is 13.5. The second-order valence-corrected chi connectivity index (χ2v) is 8.27. The van der Waals surface area contributed by atoms with E-state index >= 15 is 0 Å². The van der Waals surface area contributed by atoms with Gasteiger partial charge in [0.25, 0.3) is 5.91 Å². The van der Waals surface area contributed by atoms with Gasteiger partial charge in [0, 0.05) is 24.2 Å². The van der Waals surface area contributed by atoms with Gasteiger partial charge in [0.15, 0.2) is 5.69 Å². The lowest BCUT2D eigenvalue weighted by atomic mass is 10.00. The van der Waals surface area contributed by atoms with Crippen LogP contribution in [0.5, 0.6) is 0 Å². The van der Waals surface area contributed by atoms with Gasteiger partial charge in [-0.2, -0.15) is 0 Å². The van der Waals surface area contributed by atoms with Crippen LogP contribution in [0.3, 0.4) is 0 Å². The standard InChI is InChI=1S/C19H18FN5O3S/c1-9-3-14-16(29-9)15(17(26)25-7-12(8-25)18(27)28)24-19(23-14)22-10(2)11-4-13(20)6-21-5-11/h3-6,10,12H,7-8H2,1-2H3,(H,27,28)(H,22,23,24)/t10-/m0/s1. The molecule has 10 heteroatoms. The number of nitrogens with zero attached hydrogens (tertiary/aromatic N) is 4. The number of aliphatic carboxylic acids is 1. The molecule has 0 bridgehead atoms. The molecule has 1 amide bonds. The van der Waals surface area contributed by atoms with Crippen molar-refractivity contribution >= 4 is 39.4 Å². The van der Waals surface area contributed by atoms with Gasteiger partial charge in [0.2, 0.25) is 5.95 Å². The van der Waals surface area contributed by atoms with Crippen molar-refractivity contribution in [1.82, 2.24) is 19.9 Å². The molecule has 2 N–H and O–H groups in total. The van der Waals surface area contributed by atoms with E-state index in [0.717, 1.165) is 11.1 Å². The predicted molar refractivity (Wildman–Crippen MR) is 105 cm³/mol. The molecule has 8 nitrogen and oxygen atoms in total. The number of carboxylic acid groups (broad SMARTS) is 1. The lowest BCUT2D eigenvalue weighted by molar-refractivity contribution is -0.146. The van der Waals surface area contributed by atoms with Crippen LogP contribution in [0.2, 0.25) is 0 Å². The third kappa shape index (κ3) is 3.75. The van der Waals surface area contributed by atoms with Gasteiger partial charge < -0.3 is 15.3 Å². The zero-order valence-electron chi connectivity index (χ0n) is 15.7. The lowest BCUT2D eigenvalue weighted by Crippen LogP contribution is -2.53. The zero-order valence-corrected chi connectivity index (χ0v) is 16.5. The van der Waals surface area contributed by atoms with Gasteiger partial charge in [-0.3, -0.25) is 14.6 Å². The normalized spacial score (nSPS) is 15.2. The van der Waals surface area contributed by atoms with Crippen LogP contribution in [-0.4, -0.2) is 49.9 Å². The van der Waals surface area contributed by atoms with E-state index in [9.17, 15) is 14.0 Å².